The summed E-state index contributed by atoms with van der Waals surface area (Å²) >= 11 is 0. The lowest BCUT2D eigenvalue weighted by atomic mass is 10.0. The molecular formula is C81H158O17P2. The zero-order chi connectivity index (χ0) is 73.5. The lowest BCUT2D eigenvalue weighted by molar-refractivity contribution is -0.161. The molecule has 0 radical (unpaired) electrons. The summed E-state index contributed by atoms with van der Waals surface area (Å²) in [6.07, 6.45) is 62.2. The van der Waals surface area contributed by atoms with Crippen molar-refractivity contribution in [2.24, 2.45) is 11.8 Å². The topological polar surface area (TPSA) is 237 Å². The monoisotopic (exact) mass is 1470 g/mol. The van der Waals surface area contributed by atoms with Gasteiger partial charge in [-0.05, 0) is 37.5 Å². The van der Waals surface area contributed by atoms with Crippen molar-refractivity contribution in [1.82, 2.24) is 0 Å². The van der Waals surface area contributed by atoms with Gasteiger partial charge in [0, 0.05) is 25.7 Å². The van der Waals surface area contributed by atoms with E-state index in [1.165, 1.54) is 244 Å². The third-order valence-corrected chi connectivity index (χ3v) is 20.9. The summed E-state index contributed by atoms with van der Waals surface area (Å²) in [7, 11) is -9.92. The Morgan fingerprint density at radius 1 is 0.270 bits per heavy atom. The molecule has 0 aromatic carbocycles. The molecule has 0 heterocycles. The largest absolute Gasteiger partial charge is 0.472 e. The quantitative estimate of drug-likeness (QED) is 0.0222. The molecule has 2 unspecified atom stereocenters. The minimum atomic E-state index is -4.96. The van der Waals surface area contributed by atoms with Gasteiger partial charge in [0.1, 0.15) is 19.3 Å². The van der Waals surface area contributed by atoms with Crippen LogP contribution in [0.5, 0.6) is 0 Å². The van der Waals surface area contributed by atoms with Crippen LogP contribution in [0.15, 0.2) is 0 Å². The maximum atomic E-state index is 13.1. The fourth-order valence-corrected chi connectivity index (χ4v) is 14.1. The summed E-state index contributed by atoms with van der Waals surface area (Å²) in [6.45, 7) is 9.68. The van der Waals surface area contributed by atoms with E-state index < -0.39 is 97.5 Å². The SMILES string of the molecule is CCCCCCCCCCCCCCCCC(=O)O[C@H](COC(=O)CCCCCCCCCCCCCCC)COP(=O)(O)OC[C@H](O)COP(=O)(O)OC[C@@H](COC(=O)CCCCCCCCCCCCCCC(C)C)OC(=O)CCCCCCCCCCCCCCCCCC(C)C. The number of hydrogen-bond donors (Lipinski definition) is 3. The molecule has 594 valence electrons. The highest BCUT2D eigenvalue weighted by molar-refractivity contribution is 7.47. The third-order valence-electron chi connectivity index (χ3n) is 19.0. The van der Waals surface area contributed by atoms with Crippen LogP contribution in [0.1, 0.15) is 427 Å². The molecule has 0 aliphatic heterocycles. The summed E-state index contributed by atoms with van der Waals surface area (Å²) < 4.78 is 68.8. The Morgan fingerprint density at radius 2 is 0.460 bits per heavy atom. The Hall–Kier alpha value is -1.94. The zero-order valence-electron chi connectivity index (χ0n) is 65.5. The van der Waals surface area contributed by atoms with Crippen molar-refractivity contribution >= 4 is 39.5 Å². The molecule has 0 aromatic heterocycles. The molecule has 100 heavy (non-hydrogen) atoms. The van der Waals surface area contributed by atoms with Gasteiger partial charge >= 0.3 is 39.5 Å². The molecule has 0 amide bonds. The first-order valence-corrected chi connectivity index (χ1v) is 45.0. The molecule has 0 fully saturated rings. The zero-order valence-corrected chi connectivity index (χ0v) is 67.3. The van der Waals surface area contributed by atoms with Gasteiger partial charge in [0.05, 0.1) is 26.4 Å². The molecule has 5 atom stereocenters. The minimum absolute atomic E-state index is 0.108. The van der Waals surface area contributed by atoms with E-state index in [-0.39, 0.29) is 25.7 Å². The number of aliphatic hydroxyl groups is 1. The standard InChI is InChI=1S/C81H158O17P2/c1-7-9-11-13-15-17-19-21-27-35-41-47-53-59-65-80(85)97-76(69-91-78(83)63-57-51-45-39-33-25-20-18-16-14-12-10-8-2)71-95-99(87,88)93-67-75(82)68-94-100(89,90)96-72-77(70-92-79(84)64-58-52-46-40-34-30-29-32-38-44-50-56-62-74(5)6)98-81(86)66-60-54-48-42-36-28-24-22-23-26-31-37-43-49-55-61-73(3)4/h73-77,82H,7-72H2,1-6H3,(H,87,88)(H,89,90)/t75-,76+,77+/m0/s1. The van der Waals surface area contributed by atoms with E-state index in [1.54, 1.807) is 0 Å². The van der Waals surface area contributed by atoms with E-state index in [0.717, 1.165) is 102 Å². The fourth-order valence-electron chi connectivity index (χ4n) is 12.5. The van der Waals surface area contributed by atoms with Crippen LogP contribution in [-0.4, -0.2) is 96.7 Å². The number of ether oxygens (including phenoxy) is 4. The lowest BCUT2D eigenvalue weighted by Gasteiger charge is -2.21. The minimum Gasteiger partial charge on any atom is -0.462 e. The van der Waals surface area contributed by atoms with E-state index in [2.05, 4.69) is 41.5 Å². The van der Waals surface area contributed by atoms with E-state index >= 15 is 0 Å². The Balaban J connectivity index is 5.27. The average Bonchev–Trinajstić information content (AvgIpc) is 1.05. The van der Waals surface area contributed by atoms with Crippen molar-refractivity contribution in [3.63, 3.8) is 0 Å². The number of phosphoric acid groups is 2. The molecule has 0 rings (SSSR count). The normalized spacial score (nSPS) is 13.9. The van der Waals surface area contributed by atoms with Crippen molar-refractivity contribution in [1.29, 1.82) is 0 Å². The predicted octanol–water partition coefficient (Wildman–Crippen LogP) is 24.3. The molecule has 19 heteroatoms. The average molecular weight is 1470 g/mol. The van der Waals surface area contributed by atoms with Crippen molar-refractivity contribution < 1.29 is 80.2 Å². The maximum absolute atomic E-state index is 13.1. The second kappa shape index (κ2) is 72.6. The summed E-state index contributed by atoms with van der Waals surface area (Å²) in [5.74, 6) is -0.521. The Kier molecular flexibility index (Phi) is 71.2. The first-order chi connectivity index (χ1) is 48.4. The maximum Gasteiger partial charge on any atom is 0.472 e. The van der Waals surface area contributed by atoms with Crippen LogP contribution in [0.25, 0.3) is 0 Å². The first kappa shape index (κ1) is 98.1. The van der Waals surface area contributed by atoms with Crippen LogP contribution in [0.2, 0.25) is 0 Å². The highest BCUT2D eigenvalue weighted by atomic mass is 31.2. The van der Waals surface area contributed by atoms with Gasteiger partial charge in [-0.1, -0.05) is 375 Å². The number of hydrogen-bond acceptors (Lipinski definition) is 15. The highest BCUT2D eigenvalue weighted by Gasteiger charge is 2.30. The summed E-state index contributed by atoms with van der Waals surface area (Å²) in [4.78, 5) is 73.1. The Labute approximate surface area is 613 Å². The number of aliphatic hydroxyl groups excluding tert-OH is 1. The van der Waals surface area contributed by atoms with Gasteiger partial charge in [-0.3, -0.25) is 37.3 Å². The number of esters is 4. The molecule has 0 saturated heterocycles. The first-order valence-electron chi connectivity index (χ1n) is 42.0. The van der Waals surface area contributed by atoms with Crippen LogP contribution < -0.4 is 0 Å². The number of rotatable bonds is 80. The van der Waals surface area contributed by atoms with Crippen LogP contribution in [0, 0.1) is 11.8 Å². The molecule has 0 aromatic rings. The molecule has 0 bridgehead atoms. The number of unbranched alkanes of at least 4 members (excludes halogenated alkanes) is 50. The Morgan fingerprint density at radius 3 is 0.680 bits per heavy atom. The molecule has 0 spiro atoms. The molecule has 3 N–H and O–H groups in total. The van der Waals surface area contributed by atoms with E-state index in [1.807, 2.05) is 0 Å². The van der Waals surface area contributed by atoms with Crippen molar-refractivity contribution in [2.45, 2.75) is 445 Å². The second-order valence-electron chi connectivity index (χ2n) is 30.1. The third kappa shape index (κ3) is 74.3. The van der Waals surface area contributed by atoms with Gasteiger partial charge < -0.3 is 33.8 Å². The lowest BCUT2D eigenvalue weighted by Crippen LogP contribution is -2.30. The van der Waals surface area contributed by atoms with Crippen LogP contribution in [0.4, 0.5) is 0 Å². The molecule has 17 nitrogen and oxygen atoms in total. The van der Waals surface area contributed by atoms with Gasteiger partial charge in [-0.15, -0.1) is 0 Å². The fraction of sp³-hybridized carbons (Fsp3) is 0.951. The number of carbonyl (C=O) groups excluding carboxylic acids is 4. The van der Waals surface area contributed by atoms with Crippen molar-refractivity contribution in [3.05, 3.63) is 0 Å². The summed E-state index contributed by atoms with van der Waals surface area (Å²) in [5, 5.41) is 10.6. The van der Waals surface area contributed by atoms with Gasteiger partial charge in [0.2, 0.25) is 0 Å². The number of phosphoric ester groups is 2. The van der Waals surface area contributed by atoms with Crippen LogP contribution in [-0.2, 0) is 65.4 Å². The van der Waals surface area contributed by atoms with Gasteiger partial charge in [0.25, 0.3) is 0 Å². The smallest absolute Gasteiger partial charge is 0.462 e. The number of carbonyl (C=O) groups is 4. The van der Waals surface area contributed by atoms with E-state index in [4.69, 9.17) is 37.0 Å². The van der Waals surface area contributed by atoms with Crippen LogP contribution >= 0.6 is 15.6 Å². The van der Waals surface area contributed by atoms with Crippen LogP contribution in [0.3, 0.4) is 0 Å². The van der Waals surface area contributed by atoms with Gasteiger partial charge in [-0.2, -0.15) is 0 Å². The molecular weight excluding hydrogens is 1310 g/mol. The predicted molar refractivity (Wildman–Crippen MR) is 409 cm³/mol. The summed E-state index contributed by atoms with van der Waals surface area (Å²) in [6, 6.07) is 0. The summed E-state index contributed by atoms with van der Waals surface area (Å²) in [5.41, 5.74) is 0. The molecule has 0 aliphatic carbocycles. The van der Waals surface area contributed by atoms with E-state index in [0.29, 0.717) is 25.7 Å². The van der Waals surface area contributed by atoms with Gasteiger partial charge in [0.15, 0.2) is 12.2 Å². The Bertz CT molecular complexity index is 1920. The molecule has 0 aliphatic rings. The van der Waals surface area contributed by atoms with Crippen molar-refractivity contribution in [3.8, 4) is 0 Å². The highest BCUT2D eigenvalue weighted by Crippen LogP contribution is 2.45. The van der Waals surface area contributed by atoms with Crippen molar-refractivity contribution in [2.75, 3.05) is 39.6 Å². The van der Waals surface area contributed by atoms with E-state index in [9.17, 15) is 43.2 Å². The molecule has 0 saturated carbocycles. The van der Waals surface area contributed by atoms with Gasteiger partial charge in [-0.25, -0.2) is 9.13 Å². The second-order valence-corrected chi connectivity index (χ2v) is 33.0.